The molecule has 2 aromatic rings. The van der Waals surface area contributed by atoms with Crippen LogP contribution in [0.4, 0.5) is 4.79 Å². The molecule has 0 aliphatic carbocycles. The van der Waals surface area contributed by atoms with E-state index >= 15 is 0 Å². The third-order valence-corrected chi connectivity index (χ3v) is 8.50. The highest BCUT2D eigenvalue weighted by Gasteiger charge is 2.31. The largest absolute Gasteiger partial charge is 0.354 e. The third-order valence-electron chi connectivity index (χ3n) is 4.91. The van der Waals surface area contributed by atoms with Crippen molar-refractivity contribution < 1.29 is 13.9 Å². The summed E-state index contributed by atoms with van der Waals surface area (Å²) in [6.45, 7) is -0.564. The average molecular weight is 419 g/mol. The first-order valence-electron chi connectivity index (χ1n) is 9.19. The molecule has 0 bridgehead atoms. The van der Waals surface area contributed by atoms with E-state index in [-0.39, 0.29) is 12.1 Å². The molecule has 2 amide bonds. The van der Waals surface area contributed by atoms with Crippen molar-refractivity contribution in [3.63, 3.8) is 0 Å². The average Bonchev–Trinajstić information content (AvgIpc) is 2.76. The van der Waals surface area contributed by atoms with Gasteiger partial charge in [0, 0.05) is 33.3 Å². The lowest BCUT2D eigenvalue weighted by molar-refractivity contribution is 0.122. The van der Waals surface area contributed by atoms with E-state index in [0.717, 1.165) is 24.5 Å². The van der Waals surface area contributed by atoms with Gasteiger partial charge in [-0.3, -0.25) is 14.6 Å². The summed E-state index contributed by atoms with van der Waals surface area (Å²) in [5, 5.41) is 2.53. The maximum atomic E-state index is 12.5. The molecule has 1 saturated heterocycles. The number of hydrogen-bond acceptors (Lipinski definition) is 5. The fraction of sp³-hybridized carbons (Fsp3) is 0.350. The van der Waals surface area contributed by atoms with Crippen LogP contribution in [0.2, 0.25) is 0 Å². The number of amides is 2. The van der Waals surface area contributed by atoms with Gasteiger partial charge < -0.3 is 9.42 Å². The van der Waals surface area contributed by atoms with Gasteiger partial charge in [-0.15, -0.1) is 0 Å². The van der Waals surface area contributed by atoms with E-state index in [9.17, 15) is 9.36 Å². The Balaban J connectivity index is 1.71. The molecule has 1 fully saturated rings. The molecule has 1 aliphatic heterocycles. The van der Waals surface area contributed by atoms with Gasteiger partial charge >= 0.3 is 12.8 Å². The second-order valence-corrected chi connectivity index (χ2v) is 11.0. The molecule has 1 aliphatic rings. The molecule has 6 nitrogen and oxygen atoms in total. The summed E-state index contributed by atoms with van der Waals surface area (Å²) in [7, 11) is 1.35. The quantitative estimate of drug-likeness (QED) is 0.711. The first kappa shape index (κ1) is 20.9. The van der Waals surface area contributed by atoms with Crippen molar-refractivity contribution >= 4 is 24.1 Å². The number of rotatable bonds is 6. The topological polar surface area (TPSA) is 61.9 Å². The summed E-state index contributed by atoms with van der Waals surface area (Å²) in [5.74, 6) is 0. The van der Waals surface area contributed by atoms with Gasteiger partial charge in [0.15, 0.2) is 0 Å². The Bertz CT molecular complexity index is 766. The number of hydrogen-bond donors (Lipinski definition) is 1. The van der Waals surface area contributed by atoms with Crippen LogP contribution in [0.15, 0.2) is 60.7 Å². The van der Waals surface area contributed by atoms with Crippen LogP contribution in [-0.2, 0) is 9.09 Å². The minimum atomic E-state index is -3.17. The Labute approximate surface area is 170 Å². The van der Waals surface area contributed by atoms with Gasteiger partial charge in [0.25, 0.3) is 0 Å². The Kier molecular flexibility index (Phi) is 7.18. The predicted octanol–water partition coefficient (Wildman–Crippen LogP) is 4.22. The van der Waals surface area contributed by atoms with Gasteiger partial charge in [0.2, 0.25) is 0 Å². The molecule has 2 aromatic carbocycles. The first-order chi connectivity index (χ1) is 13.6. The van der Waals surface area contributed by atoms with E-state index in [0.29, 0.717) is 13.1 Å². The molecule has 0 radical (unpaired) electrons. The van der Waals surface area contributed by atoms with Gasteiger partial charge in [-0.1, -0.05) is 72.0 Å². The minimum absolute atomic E-state index is 0.142. The number of benzene rings is 2. The molecule has 28 heavy (non-hydrogen) atoms. The number of nitrogens with one attached hydrogen (secondary N) is 1. The summed E-state index contributed by atoms with van der Waals surface area (Å²) in [4.78, 5) is 16.6. The highest BCUT2D eigenvalue weighted by molar-refractivity contribution is 8.55. The molecule has 0 aromatic heterocycles. The second-order valence-electron chi connectivity index (χ2n) is 6.53. The molecule has 0 saturated carbocycles. The van der Waals surface area contributed by atoms with Crippen molar-refractivity contribution in [2.45, 2.75) is 6.04 Å². The zero-order chi connectivity index (χ0) is 20.0. The summed E-state index contributed by atoms with van der Waals surface area (Å²) in [6.07, 6.45) is 1.66. The van der Waals surface area contributed by atoms with Crippen LogP contribution in [0.5, 0.6) is 0 Å². The minimum Gasteiger partial charge on any atom is -0.322 e. The first-order valence-corrected chi connectivity index (χ1v) is 12.6. The Hall–Kier alpha value is -1.79. The van der Waals surface area contributed by atoms with Crippen LogP contribution >= 0.6 is 18.1 Å². The van der Waals surface area contributed by atoms with Crippen molar-refractivity contribution in [2.75, 3.05) is 39.5 Å². The molecular weight excluding hydrogens is 393 g/mol. The number of carbonyl (C=O) groups excluding carboxylic acids is 1. The number of piperazine rings is 1. The van der Waals surface area contributed by atoms with Crippen LogP contribution in [0.25, 0.3) is 0 Å². The van der Waals surface area contributed by atoms with Crippen molar-refractivity contribution in [1.29, 1.82) is 0 Å². The van der Waals surface area contributed by atoms with Crippen LogP contribution < -0.4 is 5.09 Å². The molecular formula is C20H26N3O3PS. The summed E-state index contributed by atoms with van der Waals surface area (Å²) in [5.41, 5.74) is 2.47. The number of carbonyl (C=O) groups is 1. The van der Waals surface area contributed by atoms with E-state index < -0.39 is 6.72 Å². The number of urea groups is 1. The molecule has 1 atom stereocenters. The normalized spacial score (nSPS) is 17.3. The predicted molar refractivity (Wildman–Crippen MR) is 115 cm³/mol. The zero-order valence-corrected chi connectivity index (χ0v) is 17.9. The third kappa shape index (κ3) is 4.97. The highest BCUT2D eigenvalue weighted by atomic mass is 32.7. The van der Waals surface area contributed by atoms with Crippen LogP contribution in [-0.4, -0.2) is 55.4 Å². The smallest absolute Gasteiger partial charge is 0.322 e. The maximum Gasteiger partial charge on any atom is 0.354 e. The van der Waals surface area contributed by atoms with Crippen LogP contribution in [0.3, 0.4) is 0 Å². The number of nitrogens with zero attached hydrogens (tertiary/aromatic N) is 2. The van der Waals surface area contributed by atoms with Crippen molar-refractivity contribution in [3.8, 4) is 0 Å². The molecule has 8 heteroatoms. The van der Waals surface area contributed by atoms with Crippen molar-refractivity contribution in [2.24, 2.45) is 0 Å². The zero-order valence-electron chi connectivity index (χ0n) is 16.2. The van der Waals surface area contributed by atoms with E-state index in [1.54, 1.807) is 11.2 Å². The maximum absolute atomic E-state index is 12.5. The molecule has 150 valence electrons. The fourth-order valence-electron chi connectivity index (χ4n) is 3.42. The van der Waals surface area contributed by atoms with Crippen molar-refractivity contribution in [1.82, 2.24) is 14.9 Å². The SMILES string of the molecule is COP(=O)(NC(=O)N1CCN(C(c2ccccc2)c2ccccc2)CC1)SC. The Morgan fingerprint density at radius 3 is 1.93 bits per heavy atom. The Morgan fingerprint density at radius 2 is 1.50 bits per heavy atom. The molecule has 1 N–H and O–H groups in total. The van der Waals surface area contributed by atoms with E-state index in [2.05, 4.69) is 58.5 Å². The standard InChI is InChI=1S/C20H26N3O3PS/c1-26-27(25,28-2)21-20(24)23-15-13-22(14-16-23)19(17-9-5-3-6-10-17)18-11-7-4-8-12-18/h3-12,19H,13-16H2,1-2H3,(H,21,24,25). The van der Waals surface area contributed by atoms with E-state index in [1.807, 2.05) is 12.1 Å². The van der Waals surface area contributed by atoms with Crippen LogP contribution in [0.1, 0.15) is 17.2 Å². The van der Waals surface area contributed by atoms with Crippen LogP contribution in [0, 0.1) is 0 Å². The van der Waals surface area contributed by atoms with Crippen molar-refractivity contribution in [3.05, 3.63) is 71.8 Å². The summed E-state index contributed by atoms with van der Waals surface area (Å²) in [6, 6.07) is 20.6. The van der Waals surface area contributed by atoms with E-state index in [1.165, 1.54) is 18.2 Å². The van der Waals surface area contributed by atoms with Gasteiger partial charge in [-0.05, 0) is 17.4 Å². The Morgan fingerprint density at radius 1 is 1.00 bits per heavy atom. The fourth-order valence-corrected chi connectivity index (χ4v) is 5.08. The lowest BCUT2D eigenvalue weighted by Crippen LogP contribution is -2.52. The lowest BCUT2D eigenvalue weighted by atomic mass is 9.96. The summed E-state index contributed by atoms with van der Waals surface area (Å²) < 4.78 is 17.3. The monoisotopic (exact) mass is 419 g/mol. The van der Waals surface area contributed by atoms with E-state index in [4.69, 9.17) is 4.52 Å². The lowest BCUT2D eigenvalue weighted by Gasteiger charge is -2.39. The highest BCUT2D eigenvalue weighted by Crippen LogP contribution is 2.53. The molecule has 3 rings (SSSR count). The molecule has 0 spiro atoms. The summed E-state index contributed by atoms with van der Waals surface area (Å²) >= 11 is 1.03. The molecule has 1 unspecified atom stereocenters. The van der Waals surface area contributed by atoms with Gasteiger partial charge in [0.1, 0.15) is 0 Å². The molecule has 1 heterocycles. The van der Waals surface area contributed by atoms with Gasteiger partial charge in [-0.2, -0.15) is 0 Å². The second kappa shape index (κ2) is 9.61. The van der Waals surface area contributed by atoms with Gasteiger partial charge in [-0.25, -0.2) is 4.79 Å². The van der Waals surface area contributed by atoms with Gasteiger partial charge in [0.05, 0.1) is 6.04 Å².